The van der Waals surface area contributed by atoms with E-state index in [1.165, 1.54) is 5.56 Å². The third kappa shape index (κ3) is 1.57. The number of thiophene rings is 1. The maximum atomic E-state index is 5.72. The smallest absolute Gasteiger partial charge is 0.227 e. The Bertz CT molecular complexity index is 447. The Labute approximate surface area is 91.5 Å². The van der Waals surface area contributed by atoms with Crippen molar-refractivity contribution in [2.45, 2.75) is 19.7 Å². The maximum absolute atomic E-state index is 5.72. The molecule has 0 unspecified atom stereocenters. The van der Waals surface area contributed by atoms with Crippen molar-refractivity contribution in [3.05, 3.63) is 27.8 Å². The molecule has 0 saturated carbocycles. The third-order valence-electron chi connectivity index (χ3n) is 2.10. The van der Waals surface area contributed by atoms with Crippen molar-refractivity contribution in [2.75, 3.05) is 0 Å². The summed E-state index contributed by atoms with van der Waals surface area (Å²) < 4.78 is 5.55. The van der Waals surface area contributed by atoms with Gasteiger partial charge in [0.15, 0.2) is 0 Å². The van der Waals surface area contributed by atoms with E-state index in [1.807, 2.05) is 19.2 Å². The highest BCUT2D eigenvalue weighted by Gasteiger charge is 2.12. The molecule has 0 radical (unpaired) electrons. The summed E-state index contributed by atoms with van der Waals surface area (Å²) in [5.74, 6) is 1.81. The van der Waals surface area contributed by atoms with E-state index in [9.17, 15) is 0 Å². The van der Waals surface area contributed by atoms with Gasteiger partial charge in [-0.15, -0.1) is 11.6 Å². The van der Waals surface area contributed by atoms with E-state index >= 15 is 0 Å². The Hall–Kier alpha value is -0.800. The molecule has 0 aliphatic heterocycles. The van der Waals surface area contributed by atoms with Crippen LogP contribution in [0.2, 0.25) is 0 Å². The number of hydrogen-bond acceptors (Lipinski definition) is 3. The van der Waals surface area contributed by atoms with Crippen LogP contribution in [-0.4, -0.2) is 4.98 Å². The first-order chi connectivity index (χ1) is 6.72. The van der Waals surface area contributed by atoms with Crippen molar-refractivity contribution in [1.29, 1.82) is 0 Å². The van der Waals surface area contributed by atoms with Crippen molar-refractivity contribution in [1.82, 2.24) is 4.98 Å². The van der Waals surface area contributed by atoms with Crippen LogP contribution < -0.4 is 0 Å². The van der Waals surface area contributed by atoms with Crippen LogP contribution in [0.4, 0.5) is 0 Å². The van der Waals surface area contributed by atoms with Crippen molar-refractivity contribution >= 4 is 22.9 Å². The number of rotatable bonds is 2. The van der Waals surface area contributed by atoms with Gasteiger partial charge >= 0.3 is 0 Å². The number of hydrogen-bond donors (Lipinski definition) is 0. The van der Waals surface area contributed by atoms with Gasteiger partial charge in [-0.25, -0.2) is 4.98 Å². The quantitative estimate of drug-likeness (QED) is 0.731. The summed E-state index contributed by atoms with van der Waals surface area (Å²) in [5.41, 5.74) is 3.13. The van der Waals surface area contributed by atoms with Crippen LogP contribution >= 0.6 is 22.9 Å². The molecule has 2 heterocycles. The maximum Gasteiger partial charge on any atom is 0.227 e. The Kier molecular flexibility index (Phi) is 2.61. The summed E-state index contributed by atoms with van der Waals surface area (Å²) in [4.78, 5) is 4.34. The zero-order valence-electron chi connectivity index (χ0n) is 8.00. The fourth-order valence-electron chi connectivity index (χ4n) is 1.25. The van der Waals surface area contributed by atoms with E-state index in [0.717, 1.165) is 17.0 Å². The first kappa shape index (κ1) is 9.74. The van der Waals surface area contributed by atoms with Crippen LogP contribution in [0.1, 0.15) is 17.0 Å². The standard InChI is InChI=1S/C10H10ClNOS/c1-6-4-14-5-8(6)10-12-7(2)9(3-11)13-10/h4-5H,3H2,1-2H3. The van der Waals surface area contributed by atoms with Crippen LogP contribution in [0.3, 0.4) is 0 Å². The second-order valence-corrected chi connectivity index (χ2v) is 4.14. The minimum Gasteiger partial charge on any atom is -0.440 e. The van der Waals surface area contributed by atoms with Gasteiger partial charge in [-0.1, -0.05) is 0 Å². The highest BCUT2D eigenvalue weighted by molar-refractivity contribution is 7.08. The monoisotopic (exact) mass is 227 g/mol. The summed E-state index contributed by atoms with van der Waals surface area (Å²) in [6.45, 7) is 3.96. The molecule has 0 spiro atoms. The number of aryl methyl sites for hydroxylation is 2. The molecule has 0 bridgehead atoms. The van der Waals surface area contributed by atoms with E-state index in [-0.39, 0.29) is 0 Å². The zero-order chi connectivity index (χ0) is 10.1. The Morgan fingerprint density at radius 2 is 2.21 bits per heavy atom. The van der Waals surface area contributed by atoms with Gasteiger partial charge in [0.2, 0.25) is 5.89 Å². The molecule has 74 valence electrons. The lowest BCUT2D eigenvalue weighted by Crippen LogP contribution is -1.77. The fourth-order valence-corrected chi connectivity index (χ4v) is 2.32. The van der Waals surface area contributed by atoms with Gasteiger partial charge in [0, 0.05) is 5.38 Å². The lowest BCUT2D eigenvalue weighted by molar-refractivity contribution is 0.535. The minimum atomic E-state index is 0.377. The van der Waals surface area contributed by atoms with Crippen LogP contribution in [0.15, 0.2) is 15.2 Å². The fraction of sp³-hybridized carbons (Fsp3) is 0.300. The lowest BCUT2D eigenvalue weighted by Gasteiger charge is -1.91. The van der Waals surface area contributed by atoms with Crippen LogP contribution in [-0.2, 0) is 5.88 Å². The highest BCUT2D eigenvalue weighted by atomic mass is 35.5. The lowest BCUT2D eigenvalue weighted by atomic mass is 10.2. The van der Waals surface area contributed by atoms with Crippen molar-refractivity contribution in [3.8, 4) is 11.5 Å². The second-order valence-electron chi connectivity index (χ2n) is 3.13. The van der Waals surface area contributed by atoms with Gasteiger partial charge < -0.3 is 4.42 Å². The van der Waals surface area contributed by atoms with Gasteiger partial charge in [0.1, 0.15) is 5.76 Å². The zero-order valence-corrected chi connectivity index (χ0v) is 9.58. The van der Waals surface area contributed by atoms with E-state index in [4.69, 9.17) is 16.0 Å². The average molecular weight is 228 g/mol. The molecule has 0 aromatic carbocycles. The molecule has 0 aliphatic rings. The van der Waals surface area contributed by atoms with Gasteiger partial charge in [-0.3, -0.25) is 0 Å². The molecule has 0 fully saturated rings. The topological polar surface area (TPSA) is 26.0 Å². The third-order valence-corrected chi connectivity index (χ3v) is 3.20. The molecule has 2 aromatic heterocycles. The molecule has 0 N–H and O–H groups in total. The first-order valence-electron chi connectivity index (χ1n) is 4.28. The molecule has 0 atom stereocenters. The molecule has 2 aromatic rings. The minimum absolute atomic E-state index is 0.377. The van der Waals surface area contributed by atoms with Crippen molar-refractivity contribution in [2.24, 2.45) is 0 Å². The first-order valence-corrected chi connectivity index (χ1v) is 5.75. The predicted molar refractivity (Wildman–Crippen MR) is 58.8 cm³/mol. The molecule has 14 heavy (non-hydrogen) atoms. The number of aromatic nitrogens is 1. The highest BCUT2D eigenvalue weighted by Crippen LogP contribution is 2.28. The SMILES string of the molecule is Cc1cscc1-c1nc(C)c(CCl)o1. The van der Waals surface area contributed by atoms with E-state index in [1.54, 1.807) is 11.3 Å². The molecule has 2 nitrogen and oxygen atoms in total. The van der Waals surface area contributed by atoms with Crippen LogP contribution in [0, 0.1) is 13.8 Å². The van der Waals surface area contributed by atoms with Gasteiger partial charge in [-0.2, -0.15) is 11.3 Å². The number of alkyl halides is 1. The van der Waals surface area contributed by atoms with E-state index in [2.05, 4.69) is 10.4 Å². The van der Waals surface area contributed by atoms with Crippen LogP contribution in [0.5, 0.6) is 0 Å². The summed E-state index contributed by atoms with van der Waals surface area (Å²) >= 11 is 7.37. The van der Waals surface area contributed by atoms with Crippen molar-refractivity contribution in [3.63, 3.8) is 0 Å². The Morgan fingerprint density at radius 3 is 2.71 bits per heavy atom. The van der Waals surface area contributed by atoms with E-state index in [0.29, 0.717) is 11.8 Å². The van der Waals surface area contributed by atoms with Crippen molar-refractivity contribution < 1.29 is 4.42 Å². The molecule has 2 rings (SSSR count). The molecule has 0 amide bonds. The van der Waals surface area contributed by atoms with Crippen LogP contribution in [0.25, 0.3) is 11.5 Å². The molecular formula is C10H10ClNOS. The Balaban J connectivity index is 2.47. The average Bonchev–Trinajstić information content (AvgIpc) is 2.71. The number of halogens is 1. The second kappa shape index (κ2) is 3.75. The van der Waals surface area contributed by atoms with Gasteiger partial charge in [-0.05, 0) is 24.8 Å². The summed E-state index contributed by atoms with van der Waals surface area (Å²) in [6.07, 6.45) is 0. The van der Waals surface area contributed by atoms with Gasteiger partial charge in [0.05, 0.1) is 17.1 Å². The molecule has 0 saturated heterocycles. The largest absolute Gasteiger partial charge is 0.440 e. The molecule has 4 heteroatoms. The number of oxazole rings is 1. The summed E-state index contributed by atoms with van der Waals surface area (Å²) in [5, 5.41) is 4.12. The van der Waals surface area contributed by atoms with Gasteiger partial charge in [0.25, 0.3) is 0 Å². The number of nitrogens with zero attached hydrogens (tertiary/aromatic N) is 1. The summed E-state index contributed by atoms with van der Waals surface area (Å²) in [7, 11) is 0. The molecular weight excluding hydrogens is 218 g/mol. The predicted octanol–water partition coefficient (Wildman–Crippen LogP) is 3.76. The molecule has 0 aliphatic carbocycles. The normalized spacial score (nSPS) is 10.8. The Morgan fingerprint density at radius 1 is 1.43 bits per heavy atom. The van der Waals surface area contributed by atoms with E-state index < -0.39 is 0 Å². The summed E-state index contributed by atoms with van der Waals surface area (Å²) in [6, 6.07) is 0.